The van der Waals surface area contributed by atoms with Crippen LogP contribution in [0, 0.1) is 0 Å². The molecule has 1 atom stereocenters. The van der Waals surface area contributed by atoms with E-state index in [4.69, 9.17) is 4.74 Å². The van der Waals surface area contributed by atoms with E-state index in [-0.39, 0.29) is 17.9 Å². The smallest absolute Gasteiger partial charge is 0.229 e. The quantitative estimate of drug-likeness (QED) is 0.716. The highest BCUT2D eigenvalue weighted by atomic mass is 16.5. The molecule has 2 rings (SSSR count). The van der Waals surface area contributed by atoms with E-state index < -0.39 is 0 Å². The molecule has 1 unspecified atom stereocenters. The number of amides is 2. The number of imide groups is 1. The molecule has 2 amide bonds. The number of benzene rings is 1. The molecule has 0 saturated carbocycles. The summed E-state index contributed by atoms with van der Waals surface area (Å²) in [4.78, 5) is 24.2. The zero-order chi connectivity index (χ0) is 14.4. The standard InChI is InChI=1S/C16H21NO3/c1-13(7-8-14-5-3-2-4-6-14)20-12-11-17-15(18)9-10-16(17)19/h2-6,13H,7-12H2,1H3. The molecule has 1 fully saturated rings. The fraction of sp³-hybridized carbons (Fsp3) is 0.500. The van der Waals surface area contributed by atoms with Gasteiger partial charge in [0.05, 0.1) is 19.3 Å². The summed E-state index contributed by atoms with van der Waals surface area (Å²) in [7, 11) is 0. The number of aryl methyl sites for hydroxylation is 1. The summed E-state index contributed by atoms with van der Waals surface area (Å²) in [6, 6.07) is 10.3. The first-order chi connectivity index (χ1) is 9.66. The van der Waals surface area contributed by atoms with Gasteiger partial charge in [0.2, 0.25) is 11.8 Å². The first-order valence-electron chi connectivity index (χ1n) is 7.15. The van der Waals surface area contributed by atoms with Gasteiger partial charge in [0, 0.05) is 12.8 Å². The average Bonchev–Trinajstić information content (AvgIpc) is 2.78. The fourth-order valence-electron chi connectivity index (χ4n) is 2.32. The Labute approximate surface area is 119 Å². The van der Waals surface area contributed by atoms with Gasteiger partial charge in [-0.2, -0.15) is 0 Å². The summed E-state index contributed by atoms with van der Waals surface area (Å²) >= 11 is 0. The molecule has 4 heteroatoms. The van der Waals surface area contributed by atoms with Gasteiger partial charge in [-0.15, -0.1) is 0 Å². The first kappa shape index (κ1) is 14.7. The highest BCUT2D eigenvalue weighted by Gasteiger charge is 2.28. The maximum Gasteiger partial charge on any atom is 0.229 e. The van der Waals surface area contributed by atoms with Gasteiger partial charge in [0.1, 0.15) is 0 Å². The molecule has 20 heavy (non-hydrogen) atoms. The lowest BCUT2D eigenvalue weighted by atomic mass is 10.1. The molecule has 4 nitrogen and oxygen atoms in total. The number of nitrogens with zero attached hydrogens (tertiary/aromatic N) is 1. The Morgan fingerprint density at radius 3 is 2.45 bits per heavy atom. The highest BCUT2D eigenvalue weighted by molar-refractivity contribution is 6.01. The minimum Gasteiger partial charge on any atom is -0.377 e. The third kappa shape index (κ3) is 4.17. The first-order valence-corrected chi connectivity index (χ1v) is 7.15. The zero-order valence-electron chi connectivity index (χ0n) is 11.9. The van der Waals surface area contributed by atoms with E-state index >= 15 is 0 Å². The molecule has 0 radical (unpaired) electrons. The minimum absolute atomic E-state index is 0.0736. The SMILES string of the molecule is CC(CCc1ccccc1)OCCN1C(=O)CCC1=O. The molecule has 1 aliphatic heterocycles. The van der Waals surface area contributed by atoms with Crippen molar-refractivity contribution in [3.05, 3.63) is 35.9 Å². The van der Waals surface area contributed by atoms with Crippen LogP contribution in [0.15, 0.2) is 30.3 Å². The third-order valence-electron chi connectivity index (χ3n) is 3.55. The van der Waals surface area contributed by atoms with Crippen LogP contribution in [0.5, 0.6) is 0 Å². The maximum absolute atomic E-state index is 11.4. The lowest BCUT2D eigenvalue weighted by Gasteiger charge is -2.17. The van der Waals surface area contributed by atoms with Crippen LogP contribution < -0.4 is 0 Å². The van der Waals surface area contributed by atoms with Crippen molar-refractivity contribution < 1.29 is 14.3 Å². The molecule has 1 aliphatic rings. The van der Waals surface area contributed by atoms with Crippen LogP contribution in [0.1, 0.15) is 31.7 Å². The summed E-state index contributed by atoms with van der Waals surface area (Å²) in [6.07, 6.45) is 2.74. The topological polar surface area (TPSA) is 46.6 Å². The Kier molecular flexibility index (Phi) is 5.30. The van der Waals surface area contributed by atoms with Crippen LogP contribution >= 0.6 is 0 Å². The number of hydrogen-bond donors (Lipinski definition) is 0. The Bertz CT molecular complexity index is 442. The Morgan fingerprint density at radius 1 is 1.15 bits per heavy atom. The Hall–Kier alpha value is -1.68. The van der Waals surface area contributed by atoms with E-state index in [1.807, 2.05) is 25.1 Å². The predicted octanol–water partition coefficient (Wildman–Crippen LogP) is 2.17. The van der Waals surface area contributed by atoms with E-state index in [2.05, 4.69) is 12.1 Å². The van der Waals surface area contributed by atoms with E-state index in [1.165, 1.54) is 10.5 Å². The van der Waals surface area contributed by atoms with Gasteiger partial charge in [0.15, 0.2) is 0 Å². The van der Waals surface area contributed by atoms with Crippen molar-refractivity contribution in [2.75, 3.05) is 13.2 Å². The molecule has 0 N–H and O–H groups in total. The van der Waals surface area contributed by atoms with Crippen molar-refractivity contribution in [1.29, 1.82) is 0 Å². The largest absolute Gasteiger partial charge is 0.377 e. The predicted molar refractivity (Wildman–Crippen MR) is 76.1 cm³/mol. The molecular weight excluding hydrogens is 254 g/mol. The molecule has 0 aliphatic carbocycles. The second-order valence-corrected chi connectivity index (χ2v) is 5.14. The van der Waals surface area contributed by atoms with Crippen LogP contribution in [-0.4, -0.2) is 36.0 Å². The maximum atomic E-state index is 11.4. The lowest BCUT2D eigenvalue weighted by molar-refractivity contribution is -0.139. The second-order valence-electron chi connectivity index (χ2n) is 5.14. The monoisotopic (exact) mass is 275 g/mol. The van der Waals surface area contributed by atoms with E-state index in [0.29, 0.717) is 26.0 Å². The van der Waals surface area contributed by atoms with Crippen LogP contribution in [0.25, 0.3) is 0 Å². The van der Waals surface area contributed by atoms with Crippen molar-refractivity contribution in [2.45, 2.75) is 38.7 Å². The van der Waals surface area contributed by atoms with Crippen molar-refractivity contribution in [2.24, 2.45) is 0 Å². The molecular formula is C16H21NO3. The van der Waals surface area contributed by atoms with Gasteiger partial charge >= 0.3 is 0 Å². The summed E-state index contributed by atoms with van der Waals surface area (Å²) in [6.45, 7) is 2.83. The molecule has 0 aromatic heterocycles. The number of carbonyl (C=O) groups excluding carboxylic acids is 2. The summed E-state index contributed by atoms with van der Waals surface area (Å²) in [5.41, 5.74) is 1.30. The van der Waals surface area contributed by atoms with Crippen LogP contribution in [0.3, 0.4) is 0 Å². The van der Waals surface area contributed by atoms with Crippen molar-refractivity contribution in [3.8, 4) is 0 Å². The number of likely N-dealkylation sites (tertiary alicyclic amines) is 1. The lowest BCUT2D eigenvalue weighted by Crippen LogP contribution is -2.33. The van der Waals surface area contributed by atoms with Gasteiger partial charge in [0.25, 0.3) is 0 Å². The molecule has 1 saturated heterocycles. The number of hydrogen-bond acceptors (Lipinski definition) is 3. The normalized spacial score (nSPS) is 16.8. The van der Waals surface area contributed by atoms with Gasteiger partial charge in [-0.25, -0.2) is 0 Å². The van der Waals surface area contributed by atoms with Crippen molar-refractivity contribution >= 4 is 11.8 Å². The minimum atomic E-state index is -0.0736. The van der Waals surface area contributed by atoms with Gasteiger partial charge in [-0.3, -0.25) is 14.5 Å². The highest BCUT2D eigenvalue weighted by Crippen LogP contribution is 2.12. The Balaban J connectivity index is 1.64. The molecule has 1 heterocycles. The van der Waals surface area contributed by atoms with Crippen molar-refractivity contribution in [3.63, 3.8) is 0 Å². The molecule has 0 spiro atoms. The van der Waals surface area contributed by atoms with Gasteiger partial charge in [-0.05, 0) is 25.3 Å². The van der Waals surface area contributed by atoms with Crippen LogP contribution in [-0.2, 0) is 20.7 Å². The van der Waals surface area contributed by atoms with E-state index in [1.54, 1.807) is 0 Å². The van der Waals surface area contributed by atoms with E-state index in [9.17, 15) is 9.59 Å². The molecule has 1 aromatic carbocycles. The second kappa shape index (κ2) is 7.20. The third-order valence-corrected chi connectivity index (χ3v) is 3.55. The zero-order valence-corrected chi connectivity index (χ0v) is 11.9. The van der Waals surface area contributed by atoms with E-state index in [0.717, 1.165) is 12.8 Å². The molecule has 0 bridgehead atoms. The van der Waals surface area contributed by atoms with Crippen LogP contribution in [0.4, 0.5) is 0 Å². The summed E-state index contributed by atoms with van der Waals surface area (Å²) in [5, 5.41) is 0. The molecule has 108 valence electrons. The average molecular weight is 275 g/mol. The number of carbonyl (C=O) groups is 2. The van der Waals surface area contributed by atoms with Crippen molar-refractivity contribution in [1.82, 2.24) is 4.90 Å². The van der Waals surface area contributed by atoms with Gasteiger partial charge < -0.3 is 4.74 Å². The number of ether oxygens (including phenoxy) is 1. The molecule has 1 aromatic rings. The summed E-state index contributed by atoms with van der Waals surface area (Å²) in [5.74, 6) is -0.147. The van der Waals surface area contributed by atoms with Crippen LogP contribution in [0.2, 0.25) is 0 Å². The summed E-state index contributed by atoms with van der Waals surface area (Å²) < 4.78 is 5.68. The number of rotatable bonds is 7. The fourth-order valence-corrected chi connectivity index (χ4v) is 2.32. The Morgan fingerprint density at radius 2 is 1.80 bits per heavy atom. The van der Waals surface area contributed by atoms with Gasteiger partial charge in [-0.1, -0.05) is 30.3 Å².